The molecule has 16 heavy (non-hydrogen) atoms. The lowest BCUT2D eigenvalue weighted by atomic mass is 9.70. The van der Waals surface area contributed by atoms with Crippen LogP contribution in [0.2, 0.25) is 0 Å². The van der Waals surface area contributed by atoms with Gasteiger partial charge in [0, 0.05) is 5.41 Å². The molecular formula is C13H23NO2. The molecule has 0 saturated heterocycles. The highest BCUT2D eigenvalue weighted by Gasteiger charge is 2.62. The second kappa shape index (κ2) is 3.73. The number of hydrogen-bond acceptors (Lipinski definition) is 3. The smallest absolute Gasteiger partial charge is 0.320 e. The number of ether oxygens (including phenoxy) is 1. The molecule has 0 aliphatic heterocycles. The normalized spacial score (nSPS) is 40.0. The van der Waals surface area contributed by atoms with E-state index in [4.69, 9.17) is 4.74 Å². The van der Waals surface area contributed by atoms with Crippen LogP contribution < -0.4 is 5.32 Å². The van der Waals surface area contributed by atoms with E-state index >= 15 is 0 Å². The van der Waals surface area contributed by atoms with E-state index in [0.29, 0.717) is 12.0 Å². The lowest BCUT2D eigenvalue weighted by molar-refractivity contribution is -0.155. The zero-order chi connectivity index (χ0) is 12.0. The van der Waals surface area contributed by atoms with Gasteiger partial charge in [-0.3, -0.25) is 4.79 Å². The molecule has 0 spiro atoms. The van der Waals surface area contributed by atoms with Gasteiger partial charge in [-0.2, -0.15) is 0 Å². The van der Waals surface area contributed by atoms with Crippen LogP contribution in [0.25, 0.3) is 0 Å². The summed E-state index contributed by atoms with van der Waals surface area (Å²) in [5.74, 6) is 0.613. The Bertz CT molecular complexity index is 300. The topological polar surface area (TPSA) is 38.3 Å². The molecule has 2 aliphatic rings. The van der Waals surface area contributed by atoms with E-state index in [1.807, 2.05) is 0 Å². The minimum absolute atomic E-state index is 0.114. The van der Waals surface area contributed by atoms with Gasteiger partial charge in [0.25, 0.3) is 0 Å². The molecule has 0 aromatic carbocycles. The van der Waals surface area contributed by atoms with Crippen LogP contribution in [0, 0.1) is 16.7 Å². The fraction of sp³-hybridized carbons (Fsp3) is 0.923. The molecule has 0 radical (unpaired) electrons. The zero-order valence-electron chi connectivity index (χ0n) is 10.8. The summed E-state index contributed by atoms with van der Waals surface area (Å²) in [6.45, 7) is 7.27. The van der Waals surface area contributed by atoms with E-state index < -0.39 is 0 Å². The van der Waals surface area contributed by atoms with Gasteiger partial charge in [-0.05, 0) is 37.6 Å². The van der Waals surface area contributed by atoms with Crippen molar-refractivity contribution in [3.8, 4) is 0 Å². The Hall–Kier alpha value is -0.570. The summed E-state index contributed by atoms with van der Waals surface area (Å²) in [6, 6.07) is 0. The minimum Gasteiger partial charge on any atom is -0.461 e. The van der Waals surface area contributed by atoms with E-state index in [0.717, 1.165) is 12.3 Å². The molecule has 3 nitrogen and oxygen atoms in total. The van der Waals surface area contributed by atoms with Crippen LogP contribution in [0.1, 0.15) is 40.0 Å². The second-order valence-electron chi connectivity index (χ2n) is 6.12. The Labute approximate surface area is 97.9 Å². The fourth-order valence-corrected chi connectivity index (χ4v) is 3.65. The first-order valence-corrected chi connectivity index (χ1v) is 6.26. The monoisotopic (exact) mass is 225 g/mol. The van der Waals surface area contributed by atoms with Crippen LogP contribution in [0.5, 0.6) is 0 Å². The predicted molar refractivity (Wildman–Crippen MR) is 63.0 cm³/mol. The molecule has 2 saturated carbocycles. The number of nitrogens with one attached hydrogen (secondary N) is 1. The largest absolute Gasteiger partial charge is 0.461 e. The Morgan fingerprint density at radius 3 is 2.56 bits per heavy atom. The molecule has 2 bridgehead atoms. The van der Waals surface area contributed by atoms with Gasteiger partial charge in [-0.15, -0.1) is 0 Å². The molecule has 0 amide bonds. The summed E-state index contributed by atoms with van der Waals surface area (Å²) < 4.78 is 5.62. The van der Waals surface area contributed by atoms with Gasteiger partial charge in [0.2, 0.25) is 0 Å². The molecule has 3 atom stereocenters. The fourth-order valence-electron chi connectivity index (χ4n) is 3.65. The van der Waals surface area contributed by atoms with Crippen molar-refractivity contribution in [2.75, 3.05) is 13.6 Å². The highest BCUT2D eigenvalue weighted by Crippen LogP contribution is 2.66. The maximum absolute atomic E-state index is 11.5. The maximum atomic E-state index is 11.5. The summed E-state index contributed by atoms with van der Waals surface area (Å²) in [6.07, 6.45) is 3.67. The summed E-state index contributed by atoms with van der Waals surface area (Å²) in [7, 11) is 1.77. The van der Waals surface area contributed by atoms with Gasteiger partial charge >= 0.3 is 5.97 Å². The quantitative estimate of drug-likeness (QED) is 0.746. The summed E-state index contributed by atoms with van der Waals surface area (Å²) in [5.41, 5.74) is 0.499. The van der Waals surface area contributed by atoms with Crippen molar-refractivity contribution in [1.29, 1.82) is 0 Å². The van der Waals surface area contributed by atoms with Crippen molar-refractivity contribution in [3.05, 3.63) is 0 Å². The molecule has 3 heteroatoms. The van der Waals surface area contributed by atoms with Crippen LogP contribution in [0.15, 0.2) is 0 Å². The van der Waals surface area contributed by atoms with Crippen LogP contribution in [0.4, 0.5) is 0 Å². The molecule has 92 valence electrons. The third-order valence-corrected chi connectivity index (χ3v) is 5.31. The van der Waals surface area contributed by atoms with Crippen molar-refractivity contribution in [2.45, 2.75) is 46.1 Å². The van der Waals surface area contributed by atoms with Gasteiger partial charge in [0.05, 0.1) is 6.54 Å². The van der Waals surface area contributed by atoms with Crippen molar-refractivity contribution < 1.29 is 9.53 Å². The van der Waals surface area contributed by atoms with E-state index in [2.05, 4.69) is 26.1 Å². The van der Waals surface area contributed by atoms with Crippen LogP contribution in [-0.4, -0.2) is 25.7 Å². The molecule has 2 rings (SSSR count). The van der Waals surface area contributed by atoms with Crippen LogP contribution in [0.3, 0.4) is 0 Å². The average molecular weight is 225 g/mol. The Balaban J connectivity index is 2.07. The maximum Gasteiger partial charge on any atom is 0.320 e. The Morgan fingerprint density at radius 1 is 1.44 bits per heavy atom. The van der Waals surface area contributed by atoms with Gasteiger partial charge in [0.1, 0.15) is 6.10 Å². The molecule has 0 aromatic rings. The number of likely N-dealkylation sites (N-methyl/N-ethyl adjacent to an activating group) is 1. The SMILES string of the molecule is CNCC(=O)OC1CC2CCC1(C)C2(C)C. The second-order valence-corrected chi connectivity index (χ2v) is 6.12. The predicted octanol–water partition coefficient (Wildman–Crippen LogP) is 1.96. The van der Waals surface area contributed by atoms with E-state index in [1.54, 1.807) is 7.05 Å². The Morgan fingerprint density at radius 2 is 2.12 bits per heavy atom. The van der Waals surface area contributed by atoms with Gasteiger partial charge in [0.15, 0.2) is 0 Å². The first-order chi connectivity index (χ1) is 7.41. The van der Waals surface area contributed by atoms with E-state index in [9.17, 15) is 4.79 Å². The summed E-state index contributed by atoms with van der Waals surface area (Å²) in [5, 5.41) is 2.84. The first-order valence-electron chi connectivity index (χ1n) is 6.26. The number of carbonyl (C=O) groups is 1. The van der Waals surface area contributed by atoms with Gasteiger partial charge in [-0.25, -0.2) is 0 Å². The Kier molecular flexibility index (Phi) is 2.77. The number of rotatable bonds is 3. The molecule has 1 N–H and O–H groups in total. The average Bonchev–Trinajstić information content (AvgIpc) is 2.51. The lowest BCUT2D eigenvalue weighted by Crippen LogP contribution is -2.39. The zero-order valence-corrected chi connectivity index (χ0v) is 10.8. The third kappa shape index (κ3) is 1.48. The molecular weight excluding hydrogens is 202 g/mol. The van der Waals surface area contributed by atoms with Crippen molar-refractivity contribution in [2.24, 2.45) is 16.7 Å². The number of hydrogen-bond donors (Lipinski definition) is 1. The number of esters is 1. The van der Waals surface area contributed by atoms with Crippen molar-refractivity contribution >= 4 is 5.97 Å². The lowest BCUT2D eigenvalue weighted by Gasteiger charge is -2.38. The van der Waals surface area contributed by atoms with Gasteiger partial charge in [-0.1, -0.05) is 20.8 Å². The van der Waals surface area contributed by atoms with Crippen LogP contribution in [-0.2, 0) is 9.53 Å². The molecule has 0 heterocycles. The summed E-state index contributed by atoms with van der Waals surface area (Å²) in [4.78, 5) is 11.5. The van der Waals surface area contributed by atoms with Crippen molar-refractivity contribution in [1.82, 2.24) is 5.32 Å². The molecule has 3 unspecified atom stereocenters. The molecule has 2 aliphatic carbocycles. The summed E-state index contributed by atoms with van der Waals surface area (Å²) >= 11 is 0. The molecule has 0 aromatic heterocycles. The van der Waals surface area contributed by atoms with Crippen molar-refractivity contribution in [3.63, 3.8) is 0 Å². The molecule has 2 fully saturated rings. The number of carbonyl (C=O) groups excluding carboxylic acids is 1. The van der Waals surface area contributed by atoms with E-state index in [1.165, 1.54) is 12.8 Å². The first kappa shape index (κ1) is 11.9. The van der Waals surface area contributed by atoms with E-state index in [-0.39, 0.29) is 17.5 Å². The highest BCUT2D eigenvalue weighted by atomic mass is 16.5. The minimum atomic E-state index is -0.114. The number of fused-ring (bicyclic) bond motifs is 2. The van der Waals surface area contributed by atoms with Crippen LogP contribution >= 0.6 is 0 Å². The van der Waals surface area contributed by atoms with Gasteiger partial charge < -0.3 is 10.1 Å². The third-order valence-electron chi connectivity index (χ3n) is 5.31. The standard InChI is InChI=1S/C13H23NO2/c1-12(2)9-5-6-13(12,3)10(7-9)16-11(15)8-14-4/h9-10,14H,5-8H2,1-4H3. The highest BCUT2D eigenvalue weighted by molar-refractivity contribution is 5.71.